The van der Waals surface area contributed by atoms with Crippen LogP contribution in [-0.2, 0) is 20.8 Å². The molecule has 54 heavy (non-hydrogen) atoms. The van der Waals surface area contributed by atoms with Crippen LogP contribution in [0, 0.1) is 11.8 Å². The van der Waals surface area contributed by atoms with Gasteiger partial charge in [-0.2, -0.15) is 0 Å². The number of benzene rings is 3. The molecule has 3 aromatic rings. The minimum atomic E-state index is -2.63. The summed E-state index contributed by atoms with van der Waals surface area (Å²) in [6.07, 6.45) is 1.45. The van der Waals surface area contributed by atoms with Gasteiger partial charge in [0.25, 0.3) is 5.91 Å². The molecule has 1 heterocycles. The molecule has 1 aliphatic heterocycles. The summed E-state index contributed by atoms with van der Waals surface area (Å²) in [6.45, 7) is 2.09. The van der Waals surface area contributed by atoms with E-state index in [4.69, 9.17) is 17.3 Å². The number of ketones is 2. The fourth-order valence-electron chi connectivity index (χ4n) is 8.24. The van der Waals surface area contributed by atoms with E-state index in [2.05, 4.69) is 60.3 Å². The summed E-state index contributed by atoms with van der Waals surface area (Å²) in [4.78, 5) is 49.2. The van der Waals surface area contributed by atoms with Crippen molar-refractivity contribution < 1.29 is 34.8 Å². The quantitative estimate of drug-likeness (QED) is 0.206. The molecule has 12 nitrogen and oxygen atoms in total. The second-order valence-corrected chi connectivity index (χ2v) is 16.3. The van der Waals surface area contributed by atoms with Gasteiger partial charge in [-0.05, 0) is 108 Å². The van der Waals surface area contributed by atoms with Crippen LogP contribution in [0.3, 0.4) is 0 Å². The SMILES string of the molecule is CN(C)CCCN1c2ccccc2Sc2ccc(Cl)cc21.CN(C)c1ccc(O)c2c1C[C@H]1C[C@H]3[C@H](N(C)C)C(=O)C(C(N)=O)=C(O)[C@@]3(O)C(=O)C1=C2O. The zero-order valence-corrected chi connectivity index (χ0v) is 32.7. The van der Waals surface area contributed by atoms with Crippen LogP contribution < -0.4 is 15.5 Å². The van der Waals surface area contributed by atoms with E-state index in [1.807, 2.05) is 36.8 Å². The number of para-hydroxylation sites is 1. The van der Waals surface area contributed by atoms with Gasteiger partial charge in [0.1, 0.15) is 22.8 Å². The number of nitrogens with two attached hydrogens (primary N) is 1. The third kappa shape index (κ3) is 6.62. The summed E-state index contributed by atoms with van der Waals surface area (Å²) in [6, 6.07) is 16.8. The van der Waals surface area contributed by atoms with Crippen LogP contribution >= 0.6 is 23.4 Å². The number of primary amides is 1. The molecule has 1 amide bonds. The van der Waals surface area contributed by atoms with Crippen molar-refractivity contribution >= 4 is 63.7 Å². The van der Waals surface area contributed by atoms with E-state index in [0.29, 0.717) is 5.56 Å². The van der Waals surface area contributed by atoms with Crippen LogP contribution in [-0.4, -0.2) is 115 Å². The topological polar surface area (TPSA) is 171 Å². The van der Waals surface area contributed by atoms with Crippen molar-refractivity contribution in [2.45, 2.75) is 40.7 Å². The molecular weight excluding hydrogens is 730 g/mol. The van der Waals surface area contributed by atoms with Crippen LogP contribution in [0.4, 0.5) is 17.1 Å². The lowest BCUT2D eigenvalue weighted by Crippen LogP contribution is -2.65. The molecule has 0 unspecified atom stereocenters. The lowest BCUT2D eigenvalue weighted by molar-refractivity contribution is -0.153. The van der Waals surface area contributed by atoms with Gasteiger partial charge in [0, 0.05) is 52.6 Å². The number of phenolic OH excluding ortho intramolecular Hbond substituents is 1. The van der Waals surface area contributed by atoms with Gasteiger partial charge in [0.15, 0.2) is 11.4 Å². The number of hydrogen-bond acceptors (Lipinski definition) is 12. The number of aromatic hydroxyl groups is 1. The van der Waals surface area contributed by atoms with Crippen molar-refractivity contribution in [3.8, 4) is 5.75 Å². The largest absolute Gasteiger partial charge is 0.508 e. The van der Waals surface area contributed by atoms with Crippen molar-refractivity contribution in [3.63, 3.8) is 0 Å². The number of rotatable bonds is 7. The van der Waals surface area contributed by atoms with E-state index in [9.17, 15) is 34.8 Å². The summed E-state index contributed by atoms with van der Waals surface area (Å²) in [7, 11) is 11.0. The highest BCUT2D eigenvalue weighted by molar-refractivity contribution is 7.99. The van der Waals surface area contributed by atoms with E-state index >= 15 is 0 Å². The van der Waals surface area contributed by atoms with Crippen LogP contribution in [0.1, 0.15) is 24.0 Å². The summed E-state index contributed by atoms with van der Waals surface area (Å²) < 4.78 is 0. The summed E-state index contributed by atoms with van der Waals surface area (Å²) in [5, 5.41) is 44.7. The Bertz CT molecular complexity index is 2100. The minimum Gasteiger partial charge on any atom is -0.508 e. The predicted molar refractivity (Wildman–Crippen MR) is 211 cm³/mol. The number of aliphatic hydroxyl groups is 3. The van der Waals surface area contributed by atoms with E-state index in [1.54, 1.807) is 20.2 Å². The lowest BCUT2D eigenvalue weighted by Gasteiger charge is -2.50. The lowest BCUT2D eigenvalue weighted by atomic mass is 9.57. The van der Waals surface area contributed by atoms with Gasteiger partial charge in [-0.3, -0.25) is 19.3 Å². The Morgan fingerprint density at radius 3 is 2.31 bits per heavy atom. The number of likely N-dealkylation sites (N-methyl/N-ethyl adjacent to an activating group) is 1. The maximum Gasteiger partial charge on any atom is 0.255 e. The molecular formula is C40H46ClN5O7S. The van der Waals surface area contributed by atoms with Gasteiger partial charge < -0.3 is 40.9 Å². The molecule has 286 valence electrons. The number of fused-ring (bicyclic) bond motifs is 5. The maximum atomic E-state index is 13.7. The first-order valence-electron chi connectivity index (χ1n) is 17.6. The number of amides is 1. The van der Waals surface area contributed by atoms with Crippen molar-refractivity contribution in [1.82, 2.24) is 9.80 Å². The van der Waals surface area contributed by atoms with Crippen LogP contribution in [0.5, 0.6) is 5.75 Å². The fourth-order valence-corrected chi connectivity index (χ4v) is 9.48. The predicted octanol–water partition coefficient (Wildman–Crippen LogP) is 4.92. The Labute approximate surface area is 324 Å². The van der Waals surface area contributed by atoms with E-state index in [0.717, 1.165) is 30.2 Å². The average Bonchev–Trinajstić information content (AvgIpc) is 3.09. The van der Waals surface area contributed by atoms with E-state index in [1.165, 1.54) is 32.1 Å². The number of halogens is 1. The Hall–Kier alpha value is -4.53. The van der Waals surface area contributed by atoms with E-state index in [-0.39, 0.29) is 29.7 Å². The molecule has 4 atom stereocenters. The van der Waals surface area contributed by atoms with Gasteiger partial charge >= 0.3 is 0 Å². The van der Waals surface area contributed by atoms with Gasteiger partial charge in [-0.15, -0.1) is 0 Å². The average molecular weight is 776 g/mol. The first-order valence-corrected chi connectivity index (χ1v) is 18.8. The van der Waals surface area contributed by atoms with Crippen LogP contribution in [0.15, 0.2) is 81.3 Å². The number of aliphatic hydroxyl groups excluding tert-OH is 2. The van der Waals surface area contributed by atoms with Crippen molar-refractivity contribution in [2.24, 2.45) is 17.6 Å². The van der Waals surface area contributed by atoms with Gasteiger partial charge in [-0.25, -0.2) is 0 Å². The third-order valence-electron chi connectivity index (χ3n) is 10.6. The summed E-state index contributed by atoms with van der Waals surface area (Å²) in [5.74, 6) is -6.54. The Morgan fingerprint density at radius 1 is 0.981 bits per heavy atom. The van der Waals surface area contributed by atoms with Crippen molar-refractivity contribution in [3.05, 3.63) is 87.7 Å². The second-order valence-electron chi connectivity index (χ2n) is 14.8. The zero-order chi connectivity index (χ0) is 39.4. The number of carbonyl (C=O) groups excluding carboxylic acids is 3. The molecule has 0 saturated heterocycles. The molecule has 0 radical (unpaired) electrons. The Balaban J connectivity index is 0.000000203. The molecule has 14 heteroatoms. The molecule has 0 aromatic heterocycles. The van der Waals surface area contributed by atoms with Crippen LogP contribution in [0.25, 0.3) is 5.76 Å². The molecule has 0 bridgehead atoms. The molecule has 1 fully saturated rings. The fraction of sp³-hybridized carbons (Fsp3) is 0.375. The summed E-state index contributed by atoms with van der Waals surface area (Å²) in [5.41, 5.74) is 5.66. The van der Waals surface area contributed by atoms with Crippen molar-refractivity contribution in [1.29, 1.82) is 0 Å². The summed E-state index contributed by atoms with van der Waals surface area (Å²) >= 11 is 8.03. The first-order chi connectivity index (χ1) is 25.5. The number of anilines is 3. The maximum absolute atomic E-state index is 13.7. The number of phenols is 1. The molecule has 1 saturated carbocycles. The Morgan fingerprint density at radius 2 is 1.67 bits per heavy atom. The number of hydrogen-bond donors (Lipinski definition) is 5. The second kappa shape index (κ2) is 15.0. The number of Topliss-reactive ketones (excluding diaryl/α,β-unsaturated/α-hetero) is 2. The number of carbonyl (C=O) groups is 3. The monoisotopic (exact) mass is 775 g/mol. The molecule has 3 aromatic carbocycles. The van der Waals surface area contributed by atoms with Crippen LogP contribution in [0.2, 0.25) is 5.02 Å². The van der Waals surface area contributed by atoms with Crippen molar-refractivity contribution in [2.75, 3.05) is 65.2 Å². The van der Waals surface area contributed by atoms with Gasteiger partial charge in [-0.1, -0.05) is 35.5 Å². The smallest absolute Gasteiger partial charge is 0.255 e. The molecule has 0 spiro atoms. The first kappa shape index (κ1) is 39.2. The molecule has 4 aliphatic rings. The highest BCUT2D eigenvalue weighted by atomic mass is 35.5. The third-order valence-corrected chi connectivity index (χ3v) is 12.0. The Kier molecular flexibility index (Phi) is 10.8. The molecule has 3 aliphatic carbocycles. The highest BCUT2D eigenvalue weighted by Crippen LogP contribution is 2.54. The standard InChI is InChI=1S/C23H27N3O7.C17H19ClN2S/c1-25(2)12-5-6-13(27)15-10(12)7-9-8-11-17(26(3)4)19(29)16(22(24)32)21(31)23(11,33)20(30)14(9)18(15)28;1-19(2)10-5-11-20-14-6-3-4-7-16(14)21-17-9-8-13(18)12-15(17)20/h5-6,9,11,17,27-28,31,33H,7-8H2,1-4H3,(H2,24,32);3-4,6-9,12H,5,10-11H2,1-2H3/t9-,11-,17-,23-;/m0./s1. The molecule has 6 N–H and O–H groups in total. The van der Waals surface area contributed by atoms with Gasteiger partial charge in [0.05, 0.1) is 23.0 Å². The number of nitrogens with zero attached hydrogens (tertiary/aromatic N) is 4. The van der Waals surface area contributed by atoms with Gasteiger partial charge in [0.2, 0.25) is 5.78 Å². The minimum absolute atomic E-state index is 0.0638. The normalized spacial score (nSPS) is 22.9. The zero-order valence-electron chi connectivity index (χ0n) is 31.1. The highest BCUT2D eigenvalue weighted by Gasteiger charge is 2.64. The van der Waals surface area contributed by atoms with E-state index < -0.39 is 58.0 Å². The molecule has 7 rings (SSSR count).